The van der Waals surface area contributed by atoms with Crippen molar-refractivity contribution in [2.45, 2.75) is 71.4 Å². The van der Waals surface area contributed by atoms with Crippen LogP contribution in [0.25, 0.3) is 0 Å². The van der Waals surface area contributed by atoms with E-state index in [1.54, 1.807) is 7.11 Å². The Labute approximate surface area is 149 Å². The van der Waals surface area contributed by atoms with E-state index in [1.807, 2.05) is 26.8 Å². The maximum atomic E-state index is 12.0. The van der Waals surface area contributed by atoms with Crippen molar-refractivity contribution in [1.29, 1.82) is 0 Å². The summed E-state index contributed by atoms with van der Waals surface area (Å²) in [6, 6.07) is 1.86. The lowest BCUT2D eigenvalue weighted by atomic mass is 9.92. The first-order valence-corrected chi connectivity index (χ1v) is 8.80. The van der Waals surface area contributed by atoms with E-state index in [9.17, 15) is 9.90 Å². The van der Waals surface area contributed by atoms with Crippen LogP contribution >= 0.6 is 0 Å². The molecule has 1 aliphatic rings. The van der Waals surface area contributed by atoms with Gasteiger partial charge < -0.3 is 24.4 Å². The van der Waals surface area contributed by atoms with Crippen LogP contribution in [0.2, 0.25) is 0 Å². The fourth-order valence-electron chi connectivity index (χ4n) is 2.94. The minimum absolute atomic E-state index is 0.0221. The molecule has 1 fully saturated rings. The highest BCUT2D eigenvalue weighted by Crippen LogP contribution is 2.23. The van der Waals surface area contributed by atoms with Crippen molar-refractivity contribution in [3.05, 3.63) is 17.5 Å². The SMILES string of the molecule is COCc1cc(CC2CCC(O)C(CNC(=O)CC(C)(C)C)O2)no1. The number of methoxy groups -OCH3 is 1. The minimum Gasteiger partial charge on any atom is -0.390 e. The maximum Gasteiger partial charge on any atom is 0.220 e. The lowest BCUT2D eigenvalue weighted by Gasteiger charge is -2.34. The Kier molecular flexibility index (Phi) is 6.98. The van der Waals surface area contributed by atoms with Gasteiger partial charge in [0.05, 0.1) is 17.9 Å². The Balaban J connectivity index is 1.82. The number of hydrogen-bond acceptors (Lipinski definition) is 6. The summed E-state index contributed by atoms with van der Waals surface area (Å²) in [4.78, 5) is 12.0. The molecule has 3 unspecified atom stereocenters. The molecule has 1 aliphatic heterocycles. The van der Waals surface area contributed by atoms with Gasteiger partial charge in [0.2, 0.25) is 5.91 Å². The number of aromatic nitrogens is 1. The number of nitrogens with zero attached hydrogens (tertiary/aromatic N) is 1. The van der Waals surface area contributed by atoms with Gasteiger partial charge in [0.1, 0.15) is 12.7 Å². The Hall–Kier alpha value is -1.44. The van der Waals surface area contributed by atoms with Crippen LogP contribution in [0, 0.1) is 5.41 Å². The van der Waals surface area contributed by atoms with Crippen molar-refractivity contribution in [1.82, 2.24) is 10.5 Å². The molecule has 3 atom stereocenters. The molecule has 2 rings (SSSR count). The molecular formula is C18H30N2O5. The lowest BCUT2D eigenvalue weighted by molar-refractivity contribution is -0.130. The number of aliphatic hydroxyl groups is 1. The lowest BCUT2D eigenvalue weighted by Crippen LogP contribution is -2.47. The summed E-state index contributed by atoms with van der Waals surface area (Å²) in [5.74, 6) is 0.658. The average Bonchev–Trinajstić information content (AvgIpc) is 2.94. The number of carbonyl (C=O) groups excluding carboxylic acids is 1. The molecule has 142 valence electrons. The van der Waals surface area contributed by atoms with Crippen LogP contribution in [0.15, 0.2) is 10.6 Å². The molecule has 1 saturated heterocycles. The summed E-state index contributed by atoms with van der Waals surface area (Å²) in [5.41, 5.74) is 0.745. The number of ether oxygens (including phenoxy) is 2. The van der Waals surface area contributed by atoms with Gasteiger partial charge in [-0.3, -0.25) is 4.79 Å². The molecule has 7 heteroatoms. The summed E-state index contributed by atoms with van der Waals surface area (Å²) in [6.45, 7) is 6.76. The van der Waals surface area contributed by atoms with E-state index < -0.39 is 12.2 Å². The molecule has 2 N–H and O–H groups in total. The van der Waals surface area contributed by atoms with E-state index in [0.29, 0.717) is 38.2 Å². The predicted molar refractivity (Wildman–Crippen MR) is 91.9 cm³/mol. The molecule has 0 saturated carbocycles. The minimum atomic E-state index is -0.562. The molecule has 0 spiro atoms. The molecule has 1 aromatic heterocycles. The Morgan fingerprint density at radius 3 is 2.88 bits per heavy atom. The van der Waals surface area contributed by atoms with Crippen LogP contribution in [0.1, 0.15) is 51.5 Å². The molecule has 0 radical (unpaired) electrons. The van der Waals surface area contributed by atoms with Crippen molar-refractivity contribution >= 4 is 5.91 Å². The van der Waals surface area contributed by atoms with Gasteiger partial charge in [-0.25, -0.2) is 0 Å². The van der Waals surface area contributed by atoms with E-state index >= 15 is 0 Å². The van der Waals surface area contributed by atoms with Crippen LogP contribution in [-0.2, 0) is 27.3 Å². The van der Waals surface area contributed by atoms with Crippen LogP contribution in [-0.4, -0.2) is 48.1 Å². The van der Waals surface area contributed by atoms with Gasteiger partial charge in [-0.1, -0.05) is 25.9 Å². The topological polar surface area (TPSA) is 93.8 Å². The number of carbonyl (C=O) groups is 1. The first-order valence-electron chi connectivity index (χ1n) is 8.80. The Morgan fingerprint density at radius 2 is 2.20 bits per heavy atom. The van der Waals surface area contributed by atoms with Crippen molar-refractivity contribution < 1.29 is 23.9 Å². The third-order valence-corrected chi connectivity index (χ3v) is 4.10. The third-order valence-electron chi connectivity index (χ3n) is 4.10. The van der Waals surface area contributed by atoms with Crippen molar-refractivity contribution in [2.75, 3.05) is 13.7 Å². The molecular weight excluding hydrogens is 324 g/mol. The predicted octanol–water partition coefficient (Wildman–Crippen LogP) is 1.82. The average molecular weight is 354 g/mol. The molecule has 0 aliphatic carbocycles. The third kappa shape index (κ3) is 6.76. The highest BCUT2D eigenvalue weighted by molar-refractivity contribution is 5.76. The number of nitrogens with one attached hydrogen (secondary N) is 1. The van der Waals surface area contributed by atoms with Gasteiger partial charge in [0.15, 0.2) is 5.76 Å². The van der Waals surface area contributed by atoms with E-state index in [2.05, 4.69) is 10.5 Å². The maximum absolute atomic E-state index is 12.0. The second kappa shape index (κ2) is 8.78. The summed E-state index contributed by atoms with van der Waals surface area (Å²) >= 11 is 0. The summed E-state index contributed by atoms with van der Waals surface area (Å²) in [7, 11) is 1.60. The van der Waals surface area contributed by atoms with Crippen LogP contribution < -0.4 is 5.32 Å². The highest BCUT2D eigenvalue weighted by Gasteiger charge is 2.31. The van der Waals surface area contributed by atoms with Gasteiger partial charge in [0, 0.05) is 32.6 Å². The summed E-state index contributed by atoms with van der Waals surface area (Å²) < 4.78 is 16.2. The summed E-state index contributed by atoms with van der Waals surface area (Å²) in [5, 5.41) is 17.0. The second-order valence-corrected chi connectivity index (χ2v) is 7.90. The zero-order valence-electron chi connectivity index (χ0n) is 15.6. The number of hydrogen-bond donors (Lipinski definition) is 2. The number of rotatable bonds is 7. The largest absolute Gasteiger partial charge is 0.390 e. The zero-order valence-corrected chi connectivity index (χ0v) is 15.6. The van der Waals surface area contributed by atoms with Crippen LogP contribution in [0.3, 0.4) is 0 Å². The normalized spacial score (nSPS) is 24.3. The first kappa shape index (κ1) is 19.9. The van der Waals surface area contributed by atoms with Crippen molar-refractivity contribution in [2.24, 2.45) is 5.41 Å². The van der Waals surface area contributed by atoms with E-state index in [4.69, 9.17) is 14.0 Å². The van der Waals surface area contributed by atoms with E-state index in [-0.39, 0.29) is 17.4 Å². The standard InChI is InChI=1S/C18H30N2O5/c1-18(2,3)9-17(22)19-10-16-15(21)6-5-13(24-16)7-12-8-14(11-23-4)25-20-12/h8,13,15-16,21H,5-7,9-11H2,1-4H3,(H,19,22). The van der Waals surface area contributed by atoms with Gasteiger partial charge in [-0.05, 0) is 18.3 Å². The smallest absolute Gasteiger partial charge is 0.220 e. The number of amides is 1. The first-order chi connectivity index (χ1) is 11.8. The van der Waals surface area contributed by atoms with Crippen LogP contribution in [0.4, 0.5) is 0 Å². The molecule has 0 bridgehead atoms. The molecule has 1 aromatic rings. The molecule has 2 heterocycles. The van der Waals surface area contributed by atoms with Gasteiger partial charge >= 0.3 is 0 Å². The molecule has 0 aromatic carbocycles. The van der Waals surface area contributed by atoms with Crippen molar-refractivity contribution in [3.63, 3.8) is 0 Å². The second-order valence-electron chi connectivity index (χ2n) is 7.90. The van der Waals surface area contributed by atoms with E-state index in [0.717, 1.165) is 12.1 Å². The molecule has 7 nitrogen and oxygen atoms in total. The van der Waals surface area contributed by atoms with Gasteiger partial charge in [-0.15, -0.1) is 0 Å². The van der Waals surface area contributed by atoms with Crippen LogP contribution in [0.5, 0.6) is 0 Å². The summed E-state index contributed by atoms with van der Waals surface area (Å²) in [6.07, 6.45) is 1.45. The van der Waals surface area contributed by atoms with Gasteiger partial charge in [0.25, 0.3) is 0 Å². The van der Waals surface area contributed by atoms with Gasteiger partial charge in [-0.2, -0.15) is 0 Å². The quantitative estimate of drug-likeness (QED) is 0.776. The number of aliphatic hydroxyl groups excluding tert-OH is 1. The Bertz CT molecular complexity index is 552. The molecule has 1 amide bonds. The Morgan fingerprint density at radius 1 is 1.44 bits per heavy atom. The molecule has 25 heavy (non-hydrogen) atoms. The van der Waals surface area contributed by atoms with Crippen molar-refractivity contribution in [3.8, 4) is 0 Å². The fourth-order valence-corrected chi connectivity index (χ4v) is 2.94. The zero-order chi connectivity index (χ0) is 18.4. The monoisotopic (exact) mass is 354 g/mol. The highest BCUT2D eigenvalue weighted by atomic mass is 16.5. The fraction of sp³-hybridized carbons (Fsp3) is 0.778. The van der Waals surface area contributed by atoms with E-state index in [1.165, 1.54) is 0 Å².